The number of aromatic hydroxyl groups is 3. The first-order valence-electron chi connectivity index (χ1n) is 13.2. The number of rotatable bonds is 6. The first-order valence-corrected chi connectivity index (χ1v) is 13.2. The summed E-state index contributed by atoms with van der Waals surface area (Å²) in [5.41, 5.74) is -0.894. The average molecular weight is 593 g/mol. The fourth-order valence-corrected chi connectivity index (χ4v) is 4.94. The number of ether oxygens (including phenoxy) is 4. The zero-order valence-corrected chi connectivity index (χ0v) is 22.5. The maximum atomic E-state index is 13.6. The zero-order valence-electron chi connectivity index (χ0n) is 22.5. The second-order valence-electron chi connectivity index (χ2n) is 10.5. The molecule has 2 saturated heterocycles. The highest BCUT2D eigenvalue weighted by atomic mass is 16.7. The maximum Gasteiger partial charge on any atom is 0.239 e. The smallest absolute Gasteiger partial charge is 0.239 e. The lowest BCUT2D eigenvalue weighted by atomic mass is 9.92. The SMILES string of the molecule is C[C@@H]1[C@@H](O)[C@@H](O)[C@H](OC[C@H]2O[C@@H](Oc3c(-c4ccc(O)cc4)oc4cc(O)cc(O)c4c3=O)[C@H](O)[C@@H](O)[C@H]2O)O[C@H]1C. The molecule has 2 aliphatic heterocycles. The summed E-state index contributed by atoms with van der Waals surface area (Å²) in [6.45, 7) is 2.89. The number of phenols is 3. The molecule has 14 nitrogen and oxygen atoms in total. The summed E-state index contributed by atoms with van der Waals surface area (Å²) >= 11 is 0. The first kappa shape index (κ1) is 30.0. The third-order valence-corrected chi connectivity index (χ3v) is 7.63. The van der Waals surface area contributed by atoms with E-state index in [0.29, 0.717) is 0 Å². The van der Waals surface area contributed by atoms with Crippen molar-refractivity contribution in [3.05, 3.63) is 46.6 Å². The van der Waals surface area contributed by atoms with Gasteiger partial charge in [-0.1, -0.05) is 6.92 Å². The number of benzene rings is 2. The molecule has 0 aliphatic carbocycles. The molecule has 3 heterocycles. The van der Waals surface area contributed by atoms with E-state index in [9.17, 15) is 45.6 Å². The number of aliphatic hydroxyl groups excluding tert-OH is 5. The summed E-state index contributed by atoms with van der Waals surface area (Å²) in [7, 11) is 0. The molecule has 0 radical (unpaired) electrons. The maximum absolute atomic E-state index is 13.6. The third-order valence-electron chi connectivity index (χ3n) is 7.63. The molecule has 0 spiro atoms. The van der Waals surface area contributed by atoms with Crippen LogP contribution in [0.4, 0.5) is 0 Å². The lowest BCUT2D eigenvalue weighted by Crippen LogP contribution is -2.61. The van der Waals surface area contributed by atoms with Gasteiger partial charge in [-0.3, -0.25) is 4.79 Å². The van der Waals surface area contributed by atoms with Crippen molar-refractivity contribution < 1.29 is 64.2 Å². The Morgan fingerprint density at radius 1 is 0.786 bits per heavy atom. The topological polar surface area (TPSA) is 229 Å². The Morgan fingerprint density at radius 2 is 1.45 bits per heavy atom. The van der Waals surface area contributed by atoms with Crippen LogP contribution >= 0.6 is 0 Å². The van der Waals surface area contributed by atoms with E-state index in [1.165, 1.54) is 24.3 Å². The molecule has 3 aromatic rings. The van der Waals surface area contributed by atoms with Crippen LogP contribution in [0.15, 0.2) is 45.6 Å². The van der Waals surface area contributed by atoms with E-state index in [1.54, 1.807) is 13.8 Å². The van der Waals surface area contributed by atoms with Gasteiger partial charge >= 0.3 is 0 Å². The zero-order chi connectivity index (χ0) is 30.5. The molecule has 8 N–H and O–H groups in total. The monoisotopic (exact) mass is 592 g/mol. The van der Waals surface area contributed by atoms with Crippen LogP contribution < -0.4 is 10.2 Å². The van der Waals surface area contributed by atoms with Crippen molar-refractivity contribution >= 4 is 11.0 Å². The summed E-state index contributed by atoms with van der Waals surface area (Å²) in [6, 6.07) is 7.43. The number of aliphatic hydroxyl groups is 5. The summed E-state index contributed by atoms with van der Waals surface area (Å²) in [4.78, 5) is 13.6. The Labute approximate surface area is 238 Å². The molecule has 42 heavy (non-hydrogen) atoms. The number of hydrogen-bond donors (Lipinski definition) is 8. The minimum atomic E-state index is -1.88. The molecule has 0 amide bonds. The lowest BCUT2D eigenvalue weighted by Gasteiger charge is -2.42. The Morgan fingerprint density at radius 3 is 2.14 bits per heavy atom. The lowest BCUT2D eigenvalue weighted by molar-refractivity contribution is -0.313. The van der Waals surface area contributed by atoms with Crippen LogP contribution in [-0.2, 0) is 14.2 Å². The molecule has 14 heteroatoms. The number of hydrogen-bond acceptors (Lipinski definition) is 14. The second-order valence-corrected chi connectivity index (χ2v) is 10.5. The van der Waals surface area contributed by atoms with Crippen LogP contribution in [0.2, 0.25) is 0 Å². The highest BCUT2D eigenvalue weighted by molar-refractivity contribution is 5.88. The van der Waals surface area contributed by atoms with Gasteiger partial charge in [-0.25, -0.2) is 0 Å². The van der Waals surface area contributed by atoms with Crippen molar-refractivity contribution in [2.45, 2.75) is 69.2 Å². The van der Waals surface area contributed by atoms with Gasteiger partial charge in [0.25, 0.3) is 0 Å². The van der Waals surface area contributed by atoms with E-state index in [0.717, 1.165) is 12.1 Å². The van der Waals surface area contributed by atoms with E-state index in [4.69, 9.17) is 23.4 Å². The molecule has 2 aliphatic rings. The largest absolute Gasteiger partial charge is 0.508 e. The number of phenolic OH excluding ortho intramolecular Hbond substituents is 3. The summed E-state index contributed by atoms with van der Waals surface area (Å²) in [5.74, 6) is -2.26. The van der Waals surface area contributed by atoms with Gasteiger partial charge in [-0.15, -0.1) is 0 Å². The van der Waals surface area contributed by atoms with Crippen molar-refractivity contribution in [3.63, 3.8) is 0 Å². The molecule has 2 aromatic carbocycles. The highest BCUT2D eigenvalue weighted by Gasteiger charge is 2.47. The molecule has 2 fully saturated rings. The van der Waals surface area contributed by atoms with Crippen molar-refractivity contribution in [3.8, 4) is 34.3 Å². The fraction of sp³-hybridized carbons (Fsp3) is 0.464. The minimum absolute atomic E-state index is 0.0888. The van der Waals surface area contributed by atoms with Crippen LogP contribution in [0, 0.1) is 5.92 Å². The summed E-state index contributed by atoms with van der Waals surface area (Å²) in [6.07, 6.45) is -12.9. The van der Waals surface area contributed by atoms with Gasteiger partial charge in [0.1, 0.15) is 58.7 Å². The Kier molecular flexibility index (Phi) is 8.33. The van der Waals surface area contributed by atoms with E-state index in [2.05, 4.69) is 0 Å². The van der Waals surface area contributed by atoms with Crippen molar-refractivity contribution in [2.75, 3.05) is 6.61 Å². The average Bonchev–Trinajstić information content (AvgIpc) is 2.95. The van der Waals surface area contributed by atoms with Crippen LogP contribution in [-0.4, -0.2) is 103 Å². The molecule has 0 saturated carbocycles. The van der Waals surface area contributed by atoms with Gasteiger partial charge in [0.2, 0.25) is 17.5 Å². The van der Waals surface area contributed by atoms with Crippen LogP contribution in [0.3, 0.4) is 0 Å². The second kappa shape index (κ2) is 11.7. The normalized spacial score (nSPS) is 33.5. The summed E-state index contributed by atoms with van der Waals surface area (Å²) < 4.78 is 28.4. The van der Waals surface area contributed by atoms with E-state index in [-0.39, 0.29) is 39.7 Å². The van der Waals surface area contributed by atoms with Crippen molar-refractivity contribution in [1.82, 2.24) is 0 Å². The highest BCUT2D eigenvalue weighted by Crippen LogP contribution is 2.37. The van der Waals surface area contributed by atoms with Crippen molar-refractivity contribution in [2.24, 2.45) is 5.92 Å². The molecule has 228 valence electrons. The van der Waals surface area contributed by atoms with Gasteiger partial charge < -0.3 is 64.2 Å². The molecular weight excluding hydrogens is 560 g/mol. The van der Waals surface area contributed by atoms with Crippen LogP contribution in [0.5, 0.6) is 23.0 Å². The predicted octanol–water partition coefficient (Wildman–Crippen LogP) is -0.118. The molecule has 10 atom stereocenters. The Hall–Kier alpha value is -3.47. The molecular formula is C28H32O14. The van der Waals surface area contributed by atoms with E-state index < -0.39 is 78.8 Å². The molecule has 0 bridgehead atoms. The van der Waals surface area contributed by atoms with E-state index >= 15 is 0 Å². The Bertz CT molecular complexity index is 1470. The quantitative estimate of drug-likeness (QED) is 0.187. The van der Waals surface area contributed by atoms with Gasteiger partial charge in [0.15, 0.2) is 12.1 Å². The van der Waals surface area contributed by atoms with Crippen LogP contribution in [0.1, 0.15) is 13.8 Å². The Balaban J connectivity index is 1.46. The van der Waals surface area contributed by atoms with E-state index in [1.807, 2.05) is 0 Å². The minimum Gasteiger partial charge on any atom is -0.508 e. The van der Waals surface area contributed by atoms with Gasteiger partial charge in [0.05, 0.1) is 18.8 Å². The first-order chi connectivity index (χ1) is 19.9. The summed E-state index contributed by atoms with van der Waals surface area (Å²) in [5, 5.41) is 82.1. The van der Waals surface area contributed by atoms with Crippen LogP contribution in [0.25, 0.3) is 22.3 Å². The third kappa shape index (κ3) is 5.50. The van der Waals surface area contributed by atoms with Gasteiger partial charge in [-0.2, -0.15) is 0 Å². The van der Waals surface area contributed by atoms with Crippen molar-refractivity contribution in [1.29, 1.82) is 0 Å². The number of fused-ring (bicyclic) bond motifs is 1. The standard InChI is InChI=1S/C28H32O14/c1-10-11(2)39-27(23(36)19(10)32)38-9-17-20(33)22(35)24(37)28(41-17)42-26-21(34)18-15(31)7-14(30)8-16(18)40-25(26)12-3-5-13(29)6-4-12/h3-8,10-11,17,19-20,22-24,27-33,35-37H,9H2,1-2H3/t10-,11-,17+,19+,20-,22-,23+,24+,27+,28-/m0/s1. The molecule has 0 unspecified atom stereocenters. The molecule has 1 aromatic heterocycles. The van der Waals surface area contributed by atoms with Gasteiger partial charge in [-0.05, 0) is 31.2 Å². The fourth-order valence-electron chi connectivity index (χ4n) is 4.94. The predicted molar refractivity (Wildman–Crippen MR) is 142 cm³/mol. The molecule has 5 rings (SSSR count). The van der Waals surface area contributed by atoms with Gasteiger partial charge in [0, 0.05) is 23.6 Å².